The lowest BCUT2D eigenvalue weighted by Gasteiger charge is -2.12. The number of hydrogen-bond donors (Lipinski definition) is 1. The minimum atomic E-state index is 0.460. The second-order valence-electron chi connectivity index (χ2n) is 4.52. The van der Waals surface area contributed by atoms with Gasteiger partial charge in [0.25, 0.3) is 0 Å². The van der Waals surface area contributed by atoms with Crippen LogP contribution < -0.4 is 5.32 Å². The first kappa shape index (κ1) is 15.1. The van der Waals surface area contributed by atoms with Crippen molar-refractivity contribution < 1.29 is 9.47 Å². The Bertz CT molecular complexity index is 313. The summed E-state index contributed by atoms with van der Waals surface area (Å²) in [5, 5.41) is 3.40. The molecule has 5 nitrogen and oxygen atoms in total. The standard InChI is InChI=1S/C13H25N3O2/c1-12(2)16-11-15-10-13(16)9-14-5-4-6-18-8-7-17-3/h10-12,14H,4-9H2,1-3H3. The Morgan fingerprint density at radius 1 is 1.33 bits per heavy atom. The van der Waals surface area contributed by atoms with Gasteiger partial charge in [0.15, 0.2) is 0 Å². The van der Waals surface area contributed by atoms with Crippen LogP contribution in [0.2, 0.25) is 0 Å². The van der Waals surface area contributed by atoms with Crippen molar-refractivity contribution in [1.82, 2.24) is 14.9 Å². The van der Waals surface area contributed by atoms with E-state index < -0.39 is 0 Å². The van der Waals surface area contributed by atoms with Gasteiger partial charge < -0.3 is 19.4 Å². The third-order valence-corrected chi connectivity index (χ3v) is 2.68. The average Bonchev–Trinajstić information content (AvgIpc) is 2.81. The minimum absolute atomic E-state index is 0.460. The number of rotatable bonds is 10. The maximum Gasteiger partial charge on any atom is 0.0951 e. The second-order valence-corrected chi connectivity index (χ2v) is 4.52. The van der Waals surface area contributed by atoms with Crippen LogP contribution in [0.25, 0.3) is 0 Å². The Kier molecular flexibility index (Phi) is 7.64. The highest BCUT2D eigenvalue weighted by Crippen LogP contribution is 2.08. The van der Waals surface area contributed by atoms with Crippen LogP contribution in [0.4, 0.5) is 0 Å². The van der Waals surface area contributed by atoms with Gasteiger partial charge in [-0.05, 0) is 26.8 Å². The predicted molar refractivity (Wildman–Crippen MR) is 71.6 cm³/mol. The summed E-state index contributed by atoms with van der Waals surface area (Å²) < 4.78 is 12.5. The first-order valence-corrected chi connectivity index (χ1v) is 6.53. The predicted octanol–water partition coefficient (Wildman–Crippen LogP) is 1.61. The van der Waals surface area contributed by atoms with Gasteiger partial charge in [0, 0.05) is 32.5 Å². The molecule has 0 unspecified atom stereocenters. The van der Waals surface area contributed by atoms with Crippen molar-refractivity contribution in [3.63, 3.8) is 0 Å². The molecule has 0 aliphatic heterocycles. The van der Waals surface area contributed by atoms with Crippen LogP contribution in [0.3, 0.4) is 0 Å². The SMILES string of the molecule is COCCOCCCNCc1cncn1C(C)C. The monoisotopic (exact) mass is 255 g/mol. The number of ether oxygens (including phenoxy) is 2. The van der Waals surface area contributed by atoms with Crippen molar-refractivity contribution in [3.05, 3.63) is 18.2 Å². The second kappa shape index (κ2) is 9.08. The van der Waals surface area contributed by atoms with Crippen molar-refractivity contribution in [2.45, 2.75) is 32.9 Å². The van der Waals surface area contributed by atoms with Gasteiger partial charge in [-0.2, -0.15) is 0 Å². The van der Waals surface area contributed by atoms with E-state index in [1.807, 2.05) is 12.5 Å². The van der Waals surface area contributed by atoms with Gasteiger partial charge in [0.1, 0.15) is 0 Å². The van der Waals surface area contributed by atoms with E-state index in [9.17, 15) is 0 Å². The molecular weight excluding hydrogens is 230 g/mol. The lowest BCUT2D eigenvalue weighted by molar-refractivity contribution is 0.0694. The van der Waals surface area contributed by atoms with Gasteiger partial charge in [0.05, 0.1) is 25.2 Å². The van der Waals surface area contributed by atoms with Crippen LogP contribution in [0.1, 0.15) is 32.0 Å². The molecule has 0 bridgehead atoms. The summed E-state index contributed by atoms with van der Waals surface area (Å²) in [5.74, 6) is 0. The molecule has 1 N–H and O–H groups in total. The van der Waals surface area contributed by atoms with Crippen LogP contribution >= 0.6 is 0 Å². The van der Waals surface area contributed by atoms with E-state index in [4.69, 9.17) is 9.47 Å². The largest absolute Gasteiger partial charge is 0.382 e. The smallest absolute Gasteiger partial charge is 0.0951 e. The van der Waals surface area contributed by atoms with Crippen LogP contribution in [0, 0.1) is 0 Å². The van der Waals surface area contributed by atoms with Crippen molar-refractivity contribution in [3.8, 4) is 0 Å². The average molecular weight is 255 g/mol. The number of aromatic nitrogens is 2. The number of hydrogen-bond acceptors (Lipinski definition) is 4. The van der Waals surface area contributed by atoms with Gasteiger partial charge in [-0.25, -0.2) is 4.98 Å². The number of methoxy groups -OCH3 is 1. The van der Waals surface area contributed by atoms with E-state index in [1.54, 1.807) is 7.11 Å². The van der Waals surface area contributed by atoms with E-state index in [0.29, 0.717) is 19.3 Å². The van der Waals surface area contributed by atoms with Crippen LogP contribution in [-0.4, -0.2) is 43.0 Å². The Morgan fingerprint density at radius 2 is 2.17 bits per heavy atom. The number of nitrogens with zero attached hydrogens (tertiary/aromatic N) is 2. The van der Waals surface area contributed by atoms with Crippen LogP contribution in [0.5, 0.6) is 0 Å². The topological polar surface area (TPSA) is 48.3 Å². The normalized spacial score (nSPS) is 11.3. The van der Waals surface area contributed by atoms with Crippen molar-refractivity contribution >= 4 is 0 Å². The summed E-state index contributed by atoms with van der Waals surface area (Å²) in [5.41, 5.74) is 1.23. The first-order chi connectivity index (χ1) is 8.75. The van der Waals surface area contributed by atoms with Crippen molar-refractivity contribution in [2.24, 2.45) is 0 Å². The van der Waals surface area contributed by atoms with Gasteiger partial charge in [-0.15, -0.1) is 0 Å². The highest BCUT2D eigenvalue weighted by atomic mass is 16.5. The van der Waals surface area contributed by atoms with Gasteiger partial charge in [0.2, 0.25) is 0 Å². The van der Waals surface area contributed by atoms with Crippen molar-refractivity contribution in [2.75, 3.05) is 33.5 Å². The molecule has 0 amide bonds. The Labute approximate surface area is 109 Å². The van der Waals surface area contributed by atoms with E-state index in [2.05, 4.69) is 28.7 Å². The van der Waals surface area contributed by atoms with E-state index >= 15 is 0 Å². The van der Waals surface area contributed by atoms with Gasteiger partial charge in [-0.3, -0.25) is 0 Å². The highest BCUT2D eigenvalue weighted by molar-refractivity contribution is 4.99. The summed E-state index contributed by atoms with van der Waals surface area (Å²) in [6.07, 6.45) is 4.82. The Hall–Kier alpha value is -0.910. The molecule has 0 spiro atoms. The summed E-state index contributed by atoms with van der Waals surface area (Å²) in [4.78, 5) is 4.18. The minimum Gasteiger partial charge on any atom is -0.382 e. The summed E-state index contributed by atoms with van der Waals surface area (Å²) in [6.45, 7) is 8.26. The molecule has 1 heterocycles. The van der Waals surface area contributed by atoms with Gasteiger partial charge >= 0.3 is 0 Å². The third-order valence-electron chi connectivity index (χ3n) is 2.68. The molecule has 1 aromatic heterocycles. The molecule has 0 radical (unpaired) electrons. The van der Waals surface area contributed by atoms with E-state index in [0.717, 1.165) is 26.1 Å². The Morgan fingerprint density at radius 3 is 2.89 bits per heavy atom. The molecule has 5 heteroatoms. The molecule has 0 atom stereocenters. The fourth-order valence-corrected chi connectivity index (χ4v) is 1.69. The maximum atomic E-state index is 5.39. The van der Waals surface area contributed by atoms with Gasteiger partial charge in [-0.1, -0.05) is 0 Å². The zero-order valence-electron chi connectivity index (χ0n) is 11.7. The molecule has 0 saturated carbocycles. The molecule has 18 heavy (non-hydrogen) atoms. The Balaban J connectivity index is 2.05. The fourth-order valence-electron chi connectivity index (χ4n) is 1.69. The zero-order valence-corrected chi connectivity index (χ0v) is 11.7. The maximum absolute atomic E-state index is 5.39. The fraction of sp³-hybridized carbons (Fsp3) is 0.769. The molecule has 1 rings (SSSR count). The zero-order chi connectivity index (χ0) is 13.2. The molecule has 1 aromatic rings. The van der Waals surface area contributed by atoms with E-state index in [1.165, 1.54) is 5.69 Å². The van der Waals surface area contributed by atoms with Crippen molar-refractivity contribution in [1.29, 1.82) is 0 Å². The molecule has 0 saturated heterocycles. The quantitative estimate of drug-likeness (QED) is 0.645. The van der Waals surface area contributed by atoms with Crippen LogP contribution in [0.15, 0.2) is 12.5 Å². The lowest BCUT2D eigenvalue weighted by Crippen LogP contribution is -2.19. The molecule has 0 aliphatic carbocycles. The van der Waals surface area contributed by atoms with Crippen LogP contribution in [-0.2, 0) is 16.0 Å². The molecule has 0 aromatic carbocycles. The molecular formula is C13H25N3O2. The molecule has 0 fully saturated rings. The summed E-state index contributed by atoms with van der Waals surface area (Å²) in [6, 6.07) is 0.460. The third kappa shape index (κ3) is 5.62. The molecule has 0 aliphatic rings. The first-order valence-electron chi connectivity index (χ1n) is 6.53. The lowest BCUT2D eigenvalue weighted by atomic mass is 10.3. The number of nitrogens with one attached hydrogen (secondary N) is 1. The number of imidazole rings is 1. The summed E-state index contributed by atoms with van der Waals surface area (Å²) >= 11 is 0. The molecule has 104 valence electrons. The highest BCUT2D eigenvalue weighted by Gasteiger charge is 2.03. The summed E-state index contributed by atoms with van der Waals surface area (Å²) in [7, 11) is 1.68. The van der Waals surface area contributed by atoms with E-state index in [-0.39, 0.29) is 0 Å².